The SMILES string of the molecule is O=C1N[C@H](c2ccnc(C#Cc3ccccc3)n2)[C@@H](c2cc(F)ccc2F)O1. The fourth-order valence-electron chi connectivity index (χ4n) is 2.88. The van der Waals surface area contributed by atoms with Crippen molar-refractivity contribution in [3.63, 3.8) is 0 Å². The molecule has 4 rings (SSSR count). The van der Waals surface area contributed by atoms with Gasteiger partial charge >= 0.3 is 6.09 Å². The lowest BCUT2D eigenvalue weighted by Crippen LogP contribution is -2.21. The number of benzene rings is 2. The molecule has 5 nitrogen and oxygen atoms in total. The van der Waals surface area contributed by atoms with Gasteiger partial charge in [-0.2, -0.15) is 0 Å². The first-order chi connectivity index (χ1) is 13.6. The Hall–Kier alpha value is -3.79. The molecule has 1 aromatic heterocycles. The number of cyclic esters (lactones) is 1. The van der Waals surface area contributed by atoms with Crippen LogP contribution in [0.4, 0.5) is 13.6 Å². The van der Waals surface area contributed by atoms with E-state index in [0.29, 0.717) is 5.69 Å². The molecule has 1 saturated heterocycles. The lowest BCUT2D eigenvalue weighted by molar-refractivity contribution is 0.129. The van der Waals surface area contributed by atoms with Gasteiger partial charge in [0.15, 0.2) is 6.10 Å². The van der Waals surface area contributed by atoms with E-state index in [0.717, 1.165) is 23.8 Å². The molecule has 0 radical (unpaired) electrons. The standard InChI is InChI=1S/C21H13F2N3O2/c22-14-7-8-16(23)15(12-14)20-19(26-21(27)28-20)17-10-11-24-18(25-17)9-6-13-4-2-1-3-5-13/h1-5,7-8,10-12,19-20H,(H,26,27)/t19-,20-/m1/s1. The van der Waals surface area contributed by atoms with Gasteiger partial charge in [-0.25, -0.2) is 23.5 Å². The molecule has 1 aliphatic rings. The molecule has 7 heteroatoms. The molecule has 138 valence electrons. The third kappa shape index (κ3) is 3.67. The number of carbonyl (C=O) groups excluding carboxylic acids is 1. The van der Waals surface area contributed by atoms with Gasteiger partial charge in [-0.1, -0.05) is 24.1 Å². The number of nitrogens with zero attached hydrogens (tertiary/aromatic N) is 2. The summed E-state index contributed by atoms with van der Waals surface area (Å²) in [6.07, 6.45) is -0.317. The molecule has 0 spiro atoms. The second-order valence-corrected chi connectivity index (χ2v) is 6.03. The van der Waals surface area contributed by atoms with Crippen molar-refractivity contribution in [2.75, 3.05) is 0 Å². The normalized spacial score (nSPS) is 18.0. The first-order valence-electron chi connectivity index (χ1n) is 8.42. The van der Waals surface area contributed by atoms with Gasteiger partial charge in [0.2, 0.25) is 5.82 Å². The number of hydrogen-bond acceptors (Lipinski definition) is 4. The highest BCUT2D eigenvalue weighted by Gasteiger charge is 2.39. The fraction of sp³-hybridized carbons (Fsp3) is 0.0952. The maximum atomic E-state index is 14.2. The van der Waals surface area contributed by atoms with Crippen LogP contribution in [0.5, 0.6) is 0 Å². The third-order valence-corrected chi connectivity index (χ3v) is 4.16. The summed E-state index contributed by atoms with van der Waals surface area (Å²) >= 11 is 0. The Morgan fingerprint density at radius 3 is 2.68 bits per heavy atom. The molecule has 0 bridgehead atoms. The number of hydrogen-bond donors (Lipinski definition) is 1. The number of alkyl carbamates (subject to hydrolysis) is 1. The van der Waals surface area contributed by atoms with Gasteiger partial charge in [-0.15, -0.1) is 0 Å². The largest absolute Gasteiger partial charge is 0.439 e. The van der Waals surface area contributed by atoms with Gasteiger partial charge < -0.3 is 10.1 Å². The van der Waals surface area contributed by atoms with Crippen LogP contribution in [0, 0.1) is 23.5 Å². The Labute approximate surface area is 159 Å². The summed E-state index contributed by atoms with van der Waals surface area (Å²) in [7, 11) is 0. The van der Waals surface area contributed by atoms with E-state index < -0.39 is 29.9 Å². The van der Waals surface area contributed by atoms with Gasteiger partial charge in [0.05, 0.1) is 5.69 Å². The molecule has 0 saturated carbocycles. The van der Waals surface area contributed by atoms with Gasteiger partial charge in [0, 0.05) is 17.3 Å². The van der Waals surface area contributed by atoms with Crippen LogP contribution in [0.25, 0.3) is 0 Å². The number of ether oxygens (including phenoxy) is 1. The summed E-state index contributed by atoms with van der Waals surface area (Å²) in [5, 5.41) is 2.58. The molecular weight excluding hydrogens is 364 g/mol. The van der Waals surface area contributed by atoms with Gasteiger partial charge in [0.25, 0.3) is 0 Å². The average molecular weight is 377 g/mol. The van der Waals surface area contributed by atoms with E-state index in [1.54, 1.807) is 6.07 Å². The highest BCUT2D eigenvalue weighted by molar-refractivity contribution is 5.71. The van der Waals surface area contributed by atoms with Crippen LogP contribution in [-0.2, 0) is 4.74 Å². The number of carbonyl (C=O) groups is 1. The van der Waals surface area contributed by atoms with Crippen LogP contribution in [0.2, 0.25) is 0 Å². The van der Waals surface area contributed by atoms with E-state index in [-0.39, 0.29) is 11.4 Å². The fourth-order valence-corrected chi connectivity index (χ4v) is 2.88. The summed E-state index contributed by atoms with van der Waals surface area (Å²) in [6, 6.07) is 13.1. The monoisotopic (exact) mass is 377 g/mol. The maximum absolute atomic E-state index is 14.2. The van der Waals surface area contributed by atoms with E-state index in [1.165, 1.54) is 6.20 Å². The number of amides is 1. The molecule has 0 unspecified atom stereocenters. The topological polar surface area (TPSA) is 64.1 Å². The number of halogens is 2. The molecule has 3 aromatic rings. The van der Waals surface area contributed by atoms with Gasteiger partial charge in [-0.3, -0.25) is 0 Å². The molecule has 2 atom stereocenters. The van der Waals surface area contributed by atoms with Crippen molar-refractivity contribution in [2.45, 2.75) is 12.1 Å². The Bertz CT molecular complexity index is 1090. The quantitative estimate of drug-likeness (QED) is 0.692. The zero-order valence-corrected chi connectivity index (χ0v) is 14.4. The summed E-state index contributed by atoms with van der Waals surface area (Å²) < 4.78 is 32.9. The lowest BCUT2D eigenvalue weighted by atomic mass is 9.99. The Kier molecular flexibility index (Phi) is 4.68. The van der Waals surface area contributed by atoms with Crippen LogP contribution in [-0.4, -0.2) is 16.1 Å². The molecule has 2 heterocycles. The zero-order valence-electron chi connectivity index (χ0n) is 14.4. The number of nitrogens with one attached hydrogen (secondary N) is 1. The highest BCUT2D eigenvalue weighted by Crippen LogP contribution is 2.37. The number of rotatable bonds is 2. The predicted molar refractivity (Wildman–Crippen MR) is 95.9 cm³/mol. The molecule has 1 fully saturated rings. The lowest BCUT2D eigenvalue weighted by Gasteiger charge is -2.17. The van der Waals surface area contributed by atoms with E-state index >= 15 is 0 Å². The molecular formula is C21H13F2N3O2. The van der Waals surface area contributed by atoms with Crippen LogP contribution in [0.15, 0.2) is 60.8 Å². The maximum Gasteiger partial charge on any atom is 0.408 e. The molecule has 2 aromatic carbocycles. The van der Waals surface area contributed by atoms with E-state index in [1.807, 2.05) is 30.3 Å². The van der Waals surface area contributed by atoms with Crippen molar-refractivity contribution in [2.24, 2.45) is 0 Å². The molecule has 28 heavy (non-hydrogen) atoms. The third-order valence-electron chi connectivity index (χ3n) is 4.16. The first-order valence-corrected chi connectivity index (χ1v) is 8.42. The molecule has 0 aliphatic carbocycles. The predicted octanol–water partition coefficient (Wildman–Crippen LogP) is 3.68. The van der Waals surface area contributed by atoms with Crippen LogP contribution < -0.4 is 5.32 Å². The van der Waals surface area contributed by atoms with Crippen molar-refractivity contribution in [1.29, 1.82) is 0 Å². The zero-order chi connectivity index (χ0) is 19.5. The minimum atomic E-state index is -1.06. The van der Waals surface area contributed by atoms with Crippen molar-refractivity contribution >= 4 is 6.09 Å². The summed E-state index contributed by atoms with van der Waals surface area (Å²) in [5.74, 6) is 4.73. The van der Waals surface area contributed by atoms with Crippen LogP contribution in [0.3, 0.4) is 0 Å². The van der Waals surface area contributed by atoms with E-state index in [9.17, 15) is 13.6 Å². The Morgan fingerprint density at radius 2 is 1.86 bits per heavy atom. The van der Waals surface area contributed by atoms with E-state index in [2.05, 4.69) is 27.1 Å². The average Bonchev–Trinajstić information content (AvgIpc) is 3.11. The number of aromatic nitrogens is 2. The summed E-state index contributed by atoms with van der Waals surface area (Å²) in [6.45, 7) is 0. The van der Waals surface area contributed by atoms with Crippen molar-refractivity contribution in [3.05, 3.63) is 95.1 Å². The smallest absolute Gasteiger partial charge is 0.408 e. The summed E-state index contributed by atoms with van der Waals surface area (Å²) in [5.41, 5.74) is 1.11. The minimum absolute atomic E-state index is 0.0705. The Morgan fingerprint density at radius 1 is 1.04 bits per heavy atom. The minimum Gasteiger partial charge on any atom is -0.439 e. The Balaban J connectivity index is 1.67. The van der Waals surface area contributed by atoms with Crippen LogP contribution in [0.1, 0.15) is 34.8 Å². The first kappa shape index (κ1) is 17.6. The van der Waals surface area contributed by atoms with E-state index in [4.69, 9.17) is 4.74 Å². The highest BCUT2D eigenvalue weighted by atomic mass is 19.1. The van der Waals surface area contributed by atoms with Crippen molar-refractivity contribution in [3.8, 4) is 11.8 Å². The van der Waals surface area contributed by atoms with Crippen LogP contribution >= 0.6 is 0 Å². The second kappa shape index (κ2) is 7.45. The van der Waals surface area contributed by atoms with Gasteiger partial charge in [0.1, 0.15) is 17.7 Å². The van der Waals surface area contributed by atoms with Crippen molar-refractivity contribution in [1.82, 2.24) is 15.3 Å². The van der Waals surface area contributed by atoms with Crippen molar-refractivity contribution < 1.29 is 18.3 Å². The summed E-state index contributed by atoms with van der Waals surface area (Å²) in [4.78, 5) is 20.2. The van der Waals surface area contributed by atoms with Gasteiger partial charge in [-0.05, 0) is 42.3 Å². The second-order valence-electron chi connectivity index (χ2n) is 6.03. The molecule has 1 amide bonds. The molecule has 1 aliphatic heterocycles. The molecule has 1 N–H and O–H groups in total.